The van der Waals surface area contributed by atoms with E-state index in [-0.39, 0.29) is 5.78 Å². The minimum absolute atomic E-state index is 0.129. The summed E-state index contributed by atoms with van der Waals surface area (Å²) < 4.78 is 7.10. The Morgan fingerprint density at radius 3 is 2.71 bits per heavy atom. The molecule has 1 rings (SSSR count). The monoisotopic (exact) mass is 258 g/mol. The molecule has 4 nitrogen and oxygen atoms in total. The van der Waals surface area contributed by atoms with Gasteiger partial charge >= 0.3 is 0 Å². The molecule has 0 bridgehead atoms. The number of Topliss-reactive ketones (excluding diaryl/α,β-unsaturated/α-hetero) is 1. The summed E-state index contributed by atoms with van der Waals surface area (Å²) in [4.78, 5) is 12.4. The van der Waals surface area contributed by atoms with Gasteiger partial charge in [0.25, 0.3) is 0 Å². The minimum atomic E-state index is -0.871. The molecular weight excluding hydrogens is 240 g/mol. The van der Waals surface area contributed by atoms with Crippen molar-refractivity contribution in [2.24, 2.45) is 0 Å². The molecule has 0 spiro atoms. The number of nitrogens with zero attached hydrogens (tertiary/aromatic N) is 2. The summed E-state index contributed by atoms with van der Waals surface area (Å²) in [7, 11) is 0. The van der Waals surface area contributed by atoms with E-state index in [1.54, 1.807) is 18.5 Å². The molecule has 0 saturated heterocycles. The Balaban J connectivity index is 3.06. The summed E-state index contributed by atoms with van der Waals surface area (Å²) in [5, 5.41) is 4.49. The second-order valence-electron chi connectivity index (χ2n) is 4.34. The highest BCUT2D eigenvalue weighted by Crippen LogP contribution is 2.23. The molecule has 0 aromatic carbocycles. The van der Waals surface area contributed by atoms with Crippen molar-refractivity contribution in [3.8, 4) is 0 Å². The van der Waals surface area contributed by atoms with Crippen LogP contribution in [0.2, 0.25) is 5.02 Å². The van der Waals surface area contributed by atoms with Crippen LogP contribution < -0.4 is 0 Å². The number of carbonyl (C=O) groups is 1. The van der Waals surface area contributed by atoms with Gasteiger partial charge in [-0.15, -0.1) is 0 Å². The Morgan fingerprint density at radius 2 is 2.18 bits per heavy atom. The lowest BCUT2D eigenvalue weighted by Crippen LogP contribution is -2.36. The Kier molecular flexibility index (Phi) is 4.71. The highest BCUT2D eigenvalue weighted by atomic mass is 35.5. The fourth-order valence-corrected chi connectivity index (χ4v) is 1.91. The lowest BCUT2D eigenvalue weighted by molar-refractivity contribution is 0.000464. The number of ketones is 1. The number of halogens is 1. The van der Waals surface area contributed by atoms with Crippen molar-refractivity contribution in [3.63, 3.8) is 0 Å². The van der Waals surface area contributed by atoms with Crippen molar-refractivity contribution in [1.29, 1.82) is 0 Å². The van der Waals surface area contributed by atoms with Crippen LogP contribution in [0.5, 0.6) is 0 Å². The fraction of sp³-hybridized carbons (Fsp3) is 0.667. The Bertz CT molecular complexity index is 399. The maximum Gasteiger partial charge on any atom is 0.213 e. The number of rotatable bonds is 6. The van der Waals surface area contributed by atoms with Gasteiger partial charge in [-0.3, -0.25) is 9.48 Å². The third-order valence-corrected chi connectivity index (χ3v) is 2.77. The van der Waals surface area contributed by atoms with E-state index in [4.69, 9.17) is 16.3 Å². The number of hydrogen-bond donors (Lipinski definition) is 0. The second-order valence-corrected chi connectivity index (χ2v) is 4.74. The van der Waals surface area contributed by atoms with Crippen LogP contribution in [0.4, 0.5) is 0 Å². The first-order valence-electron chi connectivity index (χ1n) is 5.84. The molecule has 17 heavy (non-hydrogen) atoms. The van der Waals surface area contributed by atoms with Crippen LogP contribution in [-0.4, -0.2) is 27.8 Å². The first kappa shape index (κ1) is 14.2. The Morgan fingerprint density at radius 1 is 1.53 bits per heavy atom. The summed E-state index contributed by atoms with van der Waals surface area (Å²) in [6.45, 7) is 8.54. The molecule has 0 unspecified atom stereocenters. The first-order valence-corrected chi connectivity index (χ1v) is 6.21. The number of ether oxygens (including phenoxy) is 1. The van der Waals surface area contributed by atoms with E-state index < -0.39 is 5.60 Å². The standard InChI is InChI=1S/C12H19ClN2O2/c1-5-7-15-10(9(13)8-14-15)11(16)12(3,4)17-6-2/h8H,5-7H2,1-4H3. The van der Waals surface area contributed by atoms with Crippen molar-refractivity contribution in [2.75, 3.05) is 6.61 Å². The van der Waals surface area contributed by atoms with Gasteiger partial charge in [0.15, 0.2) is 0 Å². The van der Waals surface area contributed by atoms with Gasteiger partial charge in [0.1, 0.15) is 11.3 Å². The number of aromatic nitrogens is 2. The Hall–Kier alpha value is -0.870. The van der Waals surface area contributed by atoms with E-state index in [0.717, 1.165) is 6.42 Å². The molecule has 0 aliphatic carbocycles. The van der Waals surface area contributed by atoms with E-state index in [1.165, 1.54) is 6.20 Å². The maximum absolute atomic E-state index is 12.4. The number of hydrogen-bond acceptors (Lipinski definition) is 3. The van der Waals surface area contributed by atoms with Gasteiger partial charge in [0, 0.05) is 13.2 Å². The summed E-state index contributed by atoms with van der Waals surface area (Å²) in [5.74, 6) is -0.129. The van der Waals surface area contributed by atoms with Crippen LogP contribution >= 0.6 is 11.6 Å². The van der Waals surface area contributed by atoms with Crippen LogP contribution in [0.25, 0.3) is 0 Å². The molecule has 0 aliphatic heterocycles. The van der Waals surface area contributed by atoms with Gasteiger partial charge in [-0.1, -0.05) is 18.5 Å². The van der Waals surface area contributed by atoms with Crippen LogP contribution in [0, 0.1) is 0 Å². The van der Waals surface area contributed by atoms with Crippen LogP contribution in [0.1, 0.15) is 44.6 Å². The van der Waals surface area contributed by atoms with E-state index in [2.05, 4.69) is 5.10 Å². The summed E-state index contributed by atoms with van der Waals surface area (Å²) in [5.41, 5.74) is -0.434. The van der Waals surface area contributed by atoms with Crippen LogP contribution in [0.3, 0.4) is 0 Å². The first-order chi connectivity index (χ1) is 7.94. The summed E-state index contributed by atoms with van der Waals surface area (Å²) >= 11 is 6.02. The van der Waals surface area contributed by atoms with Crippen LogP contribution in [-0.2, 0) is 11.3 Å². The molecule has 0 N–H and O–H groups in total. The predicted octanol–water partition coefficient (Wildman–Crippen LogP) is 2.94. The van der Waals surface area contributed by atoms with E-state index in [0.29, 0.717) is 23.9 Å². The van der Waals surface area contributed by atoms with Crippen molar-refractivity contribution >= 4 is 17.4 Å². The third kappa shape index (κ3) is 3.07. The van der Waals surface area contributed by atoms with Gasteiger partial charge in [-0.05, 0) is 27.2 Å². The topological polar surface area (TPSA) is 44.1 Å². The SMILES string of the molecule is CCCn1ncc(Cl)c1C(=O)C(C)(C)OCC. The van der Waals surface area contributed by atoms with Gasteiger partial charge in [-0.25, -0.2) is 0 Å². The largest absolute Gasteiger partial charge is 0.368 e. The van der Waals surface area contributed by atoms with E-state index in [1.807, 2.05) is 13.8 Å². The van der Waals surface area contributed by atoms with Gasteiger partial charge in [0.2, 0.25) is 5.78 Å². The summed E-state index contributed by atoms with van der Waals surface area (Å²) in [6, 6.07) is 0. The Labute approximate surface area is 107 Å². The zero-order valence-electron chi connectivity index (χ0n) is 10.8. The smallest absolute Gasteiger partial charge is 0.213 e. The lowest BCUT2D eigenvalue weighted by atomic mass is 10.0. The summed E-state index contributed by atoms with van der Waals surface area (Å²) in [6.07, 6.45) is 2.40. The minimum Gasteiger partial charge on any atom is -0.368 e. The van der Waals surface area contributed by atoms with Crippen molar-refractivity contribution in [2.45, 2.75) is 46.3 Å². The molecule has 1 aromatic heterocycles. The molecule has 1 heterocycles. The maximum atomic E-state index is 12.4. The van der Waals surface area contributed by atoms with Crippen molar-refractivity contribution in [1.82, 2.24) is 9.78 Å². The van der Waals surface area contributed by atoms with Gasteiger partial charge in [-0.2, -0.15) is 5.10 Å². The molecule has 0 fully saturated rings. The average molecular weight is 259 g/mol. The normalized spacial score (nSPS) is 11.8. The van der Waals surface area contributed by atoms with Crippen molar-refractivity contribution < 1.29 is 9.53 Å². The predicted molar refractivity (Wildman–Crippen MR) is 67.6 cm³/mol. The molecule has 96 valence electrons. The highest BCUT2D eigenvalue weighted by Gasteiger charge is 2.33. The van der Waals surface area contributed by atoms with Crippen molar-refractivity contribution in [3.05, 3.63) is 16.9 Å². The molecule has 1 aromatic rings. The molecule has 0 radical (unpaired) electrons. The molecule has 5 heteroatoms. The molecular formula is C12H19ClN2O2. The second kappa shape index (κ2) is 5.65. The molecule has 0 saturated carbocycles. The molecule has 0 aliphatic rings. The highest BCUT2D eigenvalue weighted by molar-refractivity contribution is 6.34. The van der Waals surface area contributed by atoms with Gasteiger partial charge < -0.3 is 4.74 Å². The quantitative estimate of drug-likeness (QED) is 0.737. The number of carbonyl (C=O) groups excluding carboxylic acids is 1. The lowest BCUT2D eigenvalue weighted by Gasteiger charge is -2.23. The van der Waals surface area contributed by atoms with Gasteiger partial charge in [0.05, 0.1) is 11.2 Å². The third-order valence-electron chi connectivity index (χ3n) is 2.50. The molecule has 0 amide bonds. The van der Waals surface area contributed by atoms with E-state index >= 15 is 0 Å². The average Bonchev–Trinajstić information content (AvgIpc) is 2.59. The van der Waals surface area contributed by atoms with Crippen LogP contribution in [0.15, 0.2) is 6.20 Å². The number of aryl methyl sites for hydroxylation is 1. The zero-order valence-corrected chi connectivity index (χ0v) is 11.5. The fourth-order valence-electron chi connectivity index (χ4n) is 1.68. The van der Waals surface area contributed by atoms with E-state index in [9.17, 15) is 4.79 Å². The zero-order chi connectivity index (χ0) is 13.1. The molecule has 0 atom stereocenters.